The van der Waals surface area contributed by atoms with Crippen LogP contribution in [0.2, 0.25) is 0 Å². The van der Waals surface area contributed by atoms with Crippen molar-refractivity contribution < 1.29 is 22.6 Å². The molecule has 27 heavy (non-hydrogen) atoms. The Balaban J connectivity index is 1.44. The highest BCUT2D eigenvalue weighted by Crippen LogP contribution is 2.61. The third kappa shape index (κ3) is 3.85. The third-order valence-electron chi connectivity index (χ3n) is 6.72. The van der Waals surface area contributed by atoms with Gasteiger partial charge in [-0.25, -0.2) is 4.79 Å². The van der Waals surface area contributed by atoms with E-state index >= 15 is 0 Å². The summed E-state index contributed by atoms with van der Waals surface area (Å²) in [5.74, 6) is 2.31. The Morgan fingerprint density at radius 1 is 1.11 bits per heavy atom. The van der Waals surface area contributed by atoms with Gasteiger partial charge in [0.2, 0.25) is 0 Å². The van der Waals surface area contributed by atoms with Crippen molar-refractivity contribution in [1.82, 2.24) is 5.06 Å². The topological polar surface area (TPSA) is 83.9 Å². The van der Waals surface area contributed by atoms with E-state index in [1.165, 1.54) is 31.4 Å². The molecule has 0 radical (unpaired) electrons. The van der Waals surface area contributed by atoms with Crippen LogP contribution in [0.15, 0.2) is 29.2 Å². The number of hydrogen-bond acceptors (Lipinski definition) is 4. The molecule has 0 heterocycles. The highest BCUT2D eigenvalue weighted by molar-refractivity contribution is 7.86. The quantitative estimate of drug-likeness (QED) is 0.732. The van der Waals surface area contributed by atoms with Crippen molar-refractivity contribution in [3.8, 4) is 0 Å². The molecule has 4 bridgehead atoms. The van der Waals surface area contributed by atoms with Gasteiger partial charge < -0.3 is 5.11 Å². The maximum absolute atomic E-state index is 12.5. The Hall–Kier alpha value is -1.60. The molecule has 4 aliphatic carbocycles. The number of aryl methyl sites for hydroxylation is 1. The summed E-state index contributed by atoms with van der Waals surface area (Å²) in [4.78, 5) is 11.6. The van der Waals surface area contributed by atoms with E-state index in [-0.39, 0.29) is 16.9 Å². The smallest absolute Gasteiger partial charge is 0.432 e. The summed E-state index contributed by atoms with van der Waals surface area (Å²) in [6.07, 6.45) is 6.72. The van der Waals surface area contributed by atoms with Crippen LogP contribution in [0.4, 0.5) is 4.79 Å². The van der Waals surface area contributed by atoms with Gasteiger partial charge in [0.05, 0.1) is 11.4 Å². The highest BCUT2D eigenvalue weighted by atomic mass is 32.2. The lowest BCUT2D eigenvalue weighted by Crippen LogP contribution is -2.47. The normalized spacial score (nSPS) is 31.8. The van der Waals surface area contributed by atoms with E-state index in [4.69, 9.17) is 4.28 Å². The van der Waals surface area contributed by atoms with E-state index in [0.717, 1.165) is 42.6 Å². The monoisotopic (exact) mass is 393 g/mol. The number of hydroxylamine groups is 2. The van der Waals surface area contributed by atoms with Crippen molar-refractivity contribution in [3.05, 3.63) is 29.8 Å². The zero-order chi connectivity index (χ0) is 19.2. The van der Waals surface area contributed by atoms with Crippen LogP contribution >= 0.6 is 0 Å². The van der Waals surface area contributed by atoms with Crippen LogP contribution in [-0.2, 0) is 14.4 Å². The second-order valence-corrected chi connectivity index (χ2v) is 10.4. The predicted octanol–water partition coefficient (Wildman–Crippen LogP) is 4.20. The second-order valence-electron chi connectivity index (χ2n) is 8.89. The van der Waals surface area contributed by atoms with Crippen molar-refractivity contribution in [1.29, 1.82) is 0 Å². The molecule has 0 unspecified atom stereocenters. The molecule has 148 valence electrons. The van der Waals surface area contributed by atoms with Crippen LogP contribution in [0.25, 0.3) is 0 Å². The predicted molar refractivity (Wildman–Crippen MR) is 99.4 cm³/mol. The van der Waals surface area contributed by atoms with Crippen LogP contribution in [0.1, 0.15) is 50.5 Å². The summed E-state index contributed by atoms with van der Waals surface area (Å²) in [6, 6.07) is 6.20. The van der Waals surface area contributed by atoms with Crippen LogP contribution < -0.4 is 0 Å². The molecule has 0 spiro atoms. The Morgan fingerprint density at radius 3 is 2.11 bits per heavy atom. The van der Waals surface area contributed by atoms with Crippen LogP contribution in [-0.4, -0.2) is 31.2 Å². The summed E-state index contributed by atoms with van der Waals surface area (Å²) < 4.78 is 29.9. The van der Waals surface area contributed by atoms with Gasteiger partial charge in [-0.3, -0.25) is 0 Å². The van der Waals surface area contributed by atoms with E-state index in [2.05, 4.69) is 0 Å². The molecule has 5 rings (SSSR count). The molecule has 0 aromatic heterocycles. The average Bonchev–Trinajstić information content (AvgIpc) is 2.57. The Kier molecular flexibility index (Phi) is 4.71. The first-order valence-electron chi connectivity index (χ1n) is 9.76. The van der Waals surface area contributed by atoms with Gasteiger partial charge >= 0.3 is 16.2 Å². The molecule has 6 nitrogen and oxygen atoms in total. The molecule has 4 fully saturated rings. The number of carboxylic acid groups (broad SMARTS) is 1. The molecular formula is C20H27NO5S. The molecule has 0 aliphatic heterocycles. The van der Waals surface area contributed by atoms with Crippen LogP contribution in [0.3, 0.4) is 0 Å². The molecule has 4 aliphatic rings. The van der Waals surface area contributed by atoms with Crippen LogP contribution in [0.5, 0.6) is 0 Å². The van der Waals surface area contributed by atoms with Gasteiger partial charge in [0.15, 0.2) is 0 Å². The van der Waals surface area contributed by atoms with E-state index in [1.807, 2.05) is 6.92 Å². The minimum Gasteiger partial charge on any atom is -0.463 e. The van der Waals surface area contributed by atoms with E-state index < -0.39 is 16.2 Å². The van der Waals surface area contributed by atoms with Crippen molar-refractivity contribution in [2.75, 3.05) is 6.54 Å². The van der Waals surface area contributed by atoms with Gasteiger partial charge in [-0.2, -0.15) is 13.5 Å². The molecule has 1 N–H and O–H groups in total. The SMILES string of the molecule is Cc1ccc(S(=O)(=O)ON(CCC23CC4CC(CC(C4)C2)C3)C(=O)O)cc1. The van der Waals surface area contributed by atoms with Gasteiger partial charge in [0.25, 0.3) is 0 Å². The summed E-state index contributed by atoms with van der Waals surface area (Å²) in [7, 11) is -4.15. The van der Waals surface area contributed by atoms with Gasteiger partial charge in [-0.1, -0.05) is 17.7 Å². The molecule has 7 heteroatoms. The summed E-state index contributed by atoms with van der Waals surface area (Å²) >= 11 is 0. The van der Waals surface area contributed by atoms with E-state index in [0.29, 0.717) is 11.5 Å². The summed E-state index contributed by atoms with van der Waals surface area (Å²) in [5.41, 5.74) is 1.09. The number of carbonyl (C=O) groups is 1. The van der Waals surface area contributed by atoms with Gasteiger partial charge in [-0.05, 0) is 87.2 Å². The maximum Gasteiger partial charge on any atom is 0.432 e. The molecule has 0 saturated heterocycles. The minimum absolute atomic E-state index is 0.0332. The zero-order valence-electron chi connectivity index (χ0n) is 15.6. The number of hydrogen-bond donors (Lipinski definition) is 1. The Bertz CT molecular complexity index is 782. The standard InChI is InChI=1S/C20H27NO5S/c1-14-2-4-18(5-3-14)27(24,25)26-21(19(22)23)7-6-20-11-15-8-16(12-20)10-17(9-15)13-20/h2-5,15-17H,6-13H2,1H3,(H,22,23). The fraction of sp³-hybridized carbons (Fsp3) is 0.650. The molecule has 0 atom stereocenters. The molecule has 1 aromatic rings. The maximum atomic E-state index is 12.5. The largest absolute Gasteiger partial charge is 0.463 e. The summed E-state index contributed by atoms with van der Waals surface area (Å²) in [5, 5.41) is 10.1. The number of amides is 1. The third-order valence-corrected chi connectivity index (χ3v) is 7.95. The molecule has 4 saturated carbocycles. The Morgan fingerprint density at radius 2 is 1.63 bits per heavy atom. The average molecular weight is 394 g/mol. The van der Waals surface area contributed by atoms with Gasteiger partial charge in [0, 0.05) is 0 Å². The first kappa shape index (κ1) is 18.7. The van der Waals surface area contributed by atoms with E-state index in [9.17, 15) is 18.3 Å². The molecule has 1 aromatic carbocycles. The van der Waals surface area contributed by atoms with Crippen molar-refractivity contribution in [2.45, 2.75) is 56.8 Å². The van der Waals surface area contributed by atoms with Gasteiger partial charge in [0.1, 0.15) is 0 Å². The van der Waals surface area contributed by atoms with Crippen molar-refractivity contribution in [3.63, 3.8) is 0 Å². The number of rotatable bonds is 6. The first-order valence-corrected chi connectivity index (χ1v) is 11.2. The fourth-order valence-corrected chi connectivity index (χ4v) is 6.90. The zero-order valence-corrected chi connectivity index (χ0v) is 16.5. The van der Waals surface area contributed by atoms with Crippen molar-refractivity contribution in [2.24, 2.45) is 23.2 Å². The lowest BCUT2D eigenvalue weighted by molar-refractivity contribution is -0.0829. The van der Waals surface area contributed by atoms with Crippen molar-refractivity contribution >= 4 is 16.2 Å². The Labute approximate surface area is 160 Å². The number of benzene rings is 1. The fourth-order valence-electron chi connectivity index (χ4n) is 5.97. The molecule has 1 amide bonds. The minimum atomic E-state index is -4.15. The summed E-state index contributed by atoms with van der Waals surface area (Å²) in [6.45, 7) is 1.94. The van der Waals surface area contributed by atoms with E-state index in [1.54, 1.807) is 12.1 Å². The second kappa shape index (κ2) is 6.78. The number of nitrogens with zero attached hydrogens (tertiary/aromatic N) is 1. The first-order chi connectivity index (χ1) is 12.7. The van der Waals surface area contributed by atoms with Gasteiger partial charge in [-0.15, -0.1) is 4.28 Å². The lowest BCUT2D eigenvalue weighted by atomic mass is 9.49. The highest BCUT2D eigenvalue weighted by Gasteiger charge is 2.50. The van der Waals surface area contributed by atoms with Crippen LogP contribution in [0, 0.1) is 30.1 Å². The lowest BCUT2D eigenvalue weighted by Gasteiger charge is -2.57. The molecular weight excluding hydrogens is 366 g/mol.